The van der Waals surface area contributed by atoms with Gasteiger partial charge in [0.05, 0.1) is 36.2 Å². The van der Waals surface area contributed by atoms with Crippen LogP contribution >= 0.6 is 0 Å². The average Bonchev–Trinajstić information content (AvgIpc) is 3.30. The van der Waals surface area contributed by atoms with Crippen LogP contribution in [0.1, 0.15) is 36.9 Å². The summed E-state index contributed by atoms with van der Waals surface area (Å²) >= 11 is 0. The number of ether oxygens (including phenoxy) is 1. The number of nitrogens with two attached hydrogens (primary N) is 1. The Balaban J connectivity index is 1.99. The van der Waals surface area contributed by atoms with Crippen molar-refractivity contribution in [2.45, 2.75) is 42.6 Å². The molecule has 2 aliphatic rings. The first-order chi connectivity index (χ1) is 16.0. The number of nitrogen functional groups attached to an aromatic ring is 1. The van der Waals surface area contributed by atoms with E-state index < -0.39 is 26.3 Å². The first-order valence-corrected chi connectivity index (χ1v) is 12.7. The summed E-state index contributed by atoms with van der Waals surface area (Å²) in [5, 5.41) is 0. The standard InChI is InChI=1S/C22H26F3N5O3S/c1-3-14-13-33-9-8-30(14)20-28-17(15-12-27-19(26)10-16(15)22(23,24)25)11-18(29-20)21(34(2,31)32)6-4-5-7-21/h3,10-12,14H,1,4-9,13H2,2H3,(H2,26,27)/t14-/m0/s1. The highest BCUT2D eigenvalue weighted by Gasteiger charge is 2.47. The normalized spacial score (nSPS) is 20.9. The molecule has 1 saturated heterocycles. The van der Waals surface area contributed by atoms with E-state index in [4.69, 9.17) is 10.5 Å². The van der Waals surface area contributed by atoms with Gasteiger partial charge in [-0.05, 0) is 25.0 Å². The monoisotopic (exact) mass is 497 g/mol. The first-order valence-electron chi connectivity index (χ1n) is 10.9. The van der Waals surface area contributed by atoms with Crippen LogP contribution in [0.3, 0.4) is 0 Å². The molecule has 0 spiro atoms. The van der Waals surface area contributed by atoms with Gasteiger partial charge >= 0.3 is 6.18 Å². The summed E-state index contributed by atoms with van der Waals surface area (Å²) in [6, 6.07) is 1.78. The number of hydrogen-bond acceptors (Lipinski definition) is 8. The van der Waals surface area contributed by atoms with E-state index in [2.05, 4.69) is 21.5 Å². The van der Waals surface area contributed by atoms with Crippen LogP contribution in [-0.4, -0.2) is 55.4 Å². The van der Waals surface area contributed by atoms with E-state index in [1.807, 2.05) is 0 Å². The minimum atomic E-state index is -4.72. The molecular formula is C22H26F3N5O3S. The van der Waals surface area contributed by atoms with Gasteiger partial charge in [-0.1, -0.05) is 18.9 Å². The molecule has 0 amide bonds. The van der Waals surface area contributed by atoms with E-state index >= 15 is 0 Å². The molecule has 2 N–H and O–H groups in total. The number of sulfone groups is 1. The molecule has 3 heterocycles. The van der Waals surface area contributed by atoms with E-state index in [9.17, 15) is 21.6 Å². The van der Waals surface area contributed by atoms with E-state index in [1.165, 1.54) is 6.07 Å². The second-order valence-corrected chi connectivity index (χ2v) is 11.0. The maximum absolute atomic E-state index is 13.9. The van der Waals surface area contributed by atoms with Crippen LogP contribution in [-0.2, 0) is 25.5 Å². The largest absolute Gasteiger partial charge is 0.417 e. The van der Waals surface area contributed by atoms with Crippen molar-refractivity contribution < 1.29 is 26.3 Å². The quantitative estimate of drug-likeness (QED) is 0.626. The smallest absolute Gasteiger partial charge is 0.384 e. The Hall–Kier alpha value is -2.73. The van der Waals surface area contributed by atoms with Crippen molar-refractivity contribution in [2.24, 2.45) is 0 Å². The van der Waals surface area contributed by atoms with Crippen LogP contribution < -0.4 is 10.6 Å². The third-order valence-electron chi connectivity index (χ3n) is 6.50. The van der Waals surface area contributed by atoms with Crippen LogP contribution in [0.4, 0.5) is 24.9 Å². The molecule has 2 aromatic heterocycles. The lowest BCUT2D eigenvalue weighted by Crippen LogP contribution is -2.45. The van der Waals surface area contributed by atoms with Crippen molar-refractivity contribution in [3.05, 3.63) is 42.2 Å². The maximum Gasteiger partial charge on any atom is 0.417 e. The van der Waals surface area contributed by atoms with Crippen LogP contribution in [0.5, 0.6) is 0 Å². The Labute approximate surface area is 196 Å². The van der Waals surface area contributed by atoms with Crippen LogP contribution in [0.25, 0.3) is 11.3 Å². The molecule has 1 saturated carbocycles. The summed E-state index contributed by atoms with van der Waals surface area (Å²) in [6.07, 6.45) is 1.10. The van der Waals surface area contributed by atoms with E-state index in [0.29, 0.717) is 45.4 Å². The van der Waals surface area contributed by atoms with Crippen molar-refractivity contribution in [3.63, 3.8) is 0 Å². The molecule has 1 aliphatic heterocycles. The molecule has 0 radical (unpaired) electrons. The number of pyridine rings is 1. The summed E-state index contributed by atoms with van der Waals surface area (Å²) in [7, 11) is -3.64. The van der Waals surface area contributed by atoms with E-state index in [1.54, 1.807) is 11.0 Å². The molecule has 12 heteroatoms. The summed E-state index contributed by atoms with van der Waals surface area (Å²) in [5.74, 6) is -0.158. The molecule has 0 aromatic carbocycles. The molecule has 8 nitrogen and oxygen atoms in total. The van der Waals surface area contributed by atoms with Gasteiger partial charge in [0.1, 0.15) is 10.6 Å². The summed E-state index contributed by atoms with van der Waals surface area (Å²) in [6.45, 7) is 4.85. The number of rotatable bonds is 5. The minimum Gasteiger partial charge on any atom is -0.384 e. The van der Waals surface area contributed by atoms with Gasteiger partial charge in [-0.25, -0.2) is 23.4 Å². The number of anilines is 2. The molecule has 1 aliphatic carbocycles. The molecule has 34 heavy (non-hydrogen) atoms. The summed E-state index contributed by atoms with van der Waals surface area (Å²) in [5.41, 5.74) is 4.36. The van der Waals surface area contributed by atoms with Crippen LogP contribution in [0.2, 0.25) is 0 Å². The maximum atomic E-state index is 13.9. The molecule has 2 fully saturated rings. The Morgan fingerprint density at radius 2 is 1.97 bits per heavy atom. The third kappa shape index (κ3) is 4.36. The zero-order valence-electron chi connectivity index (χ0n) is 18.7. The number of nitrogens with zero attached hydrogens (tertiary/aromatic N) is 4. The van der Waals surface area contributed by atoms with Crippen molar-refractivity contribution >= 4 is 21.6 Å². The van der Waals surface area contributed by atoms with Gasteiger partial charge in [0, 0.05) is 24.6 Å². The number of halogens is 3. The minimum absolute atomic E-state index is 0.0657. The van der Waals surface area contributed by atoms with E-state index in [0.717, 1.165) is 18.5 Å². The predicted octanol–water partition coefficient (Wildman–Crippen LogP) is 3.34. The molecule has 4 rings (SSSR count). The second kappa shape index (κ2) is 8.81. The molecule has 0 bridgehead atoms. The van der Waals surface area contributed by atoms with Crippen LogP contribution in [0.15, 0.2) is 31.0 Å². The fourth-order valence-corrected chi connectivity index (χ4v) is 6.19. The third-order valence-corrected chi connectivity index (χ3v) is 8.54. The van der Waals surface area contributed by atoms with Crippen LogP contribution in [0, 0.1) is 0 Å². The zero-order chi connectivity index (χ0) is 24.7. The van der Waals surface area contributed by atoms with Crippen molar-refractivity contribution in [3.8, 4) is 11.3 Å². The predicted molar refractivity (Wildman–Crippen MR) is 122 cm³/mol. The van der Waals surface area contributed by atoms with E-state index in [-0.39, 0.29) is 34.8 Å². The molecule has 2 aromatic rings. The Morgan fingerprint density at radius 1 is 1.26 bits per heavy atom. The highest BCUT2D eigenvalue weighted by Crippen LogP contribution is 2.46. The number of alkyl halides is 3. The zero-order valence-corrected chi connectivity index (χ0v) is 19.5. The van der Waals surface area contributed by atoms with Crippen molar-refractivity contribution in [2.75, 3.05) is 36.6 Å². The highest BCUT2D eigenvalue weighted by atomic mass is 32.2. The molecular weight excluding hydrogens is 471 g/mol. The van der Waals surface area contributed by atoms with Gasteiger partial charge in [-0.3, -0.25) is 0 Å². The van der Waals surface area contributed by atoms with Gasteiger partial charge < -0.3 is 15.4 Å². The lowest BCUT2D eigenvalue weighted by molar-refractivity contribution is -0.137. The fourth-order valence-electron chi connectivity index (χ4n) is 4.67. The van der Waals surface area contributed by atoms with Gasteiger partial charge in [-0.15, -0.1) is 6.58 Å². The summed E-state index contributed by atoms with van der Waals surface area (Å²) < 4.78 is 71.8. The number of morpholine rings is 1. The molecule has 1 atom stereocenters. The lowest BCUT2D eigenvalue weighted by atomic mass is 9.99. The average molecular weight is 498 g/mol. The molecule has 184 valence electrons. The first kappa shape index (κ1) is 24.4. The highest BCUT2D eigenvalue weighted by molar-refractivity contribution is 7.91. The Morgan fingerprint density at radius 3 is 2.59 bits per heavy atom. The fraction of sp³-hybridized carbons (Fsp3) is 0.500. The number of hydrogen-bond donors (Lipinski definition) is 1. The lowest BCUT2D eigenvalue weighted by Gasteiger charge is -2.35. The van der Waals surface area contributed by atoms with Gasteiger partial charge in [0.15, 0.2) is 9.84 Å². The van der Waals surface area contributed by atoms with Crippen molar-refractivity contribution in [1.29, 1.82) is 0 Å². The Kier molecular flexibility index (Phi) is 6.32. The Bertz CT molecular complexity index is 1200. The van der Waals surface area contributed by atoms with Gasteiger partial charge in [-0.2, -0.15) is 13.2 Å². The van der Waals surface area contributed by atoms with Crippen molar-refractivity contribution in [1.82, 2.24) is 15.0 Å². The SMILES string of the molecule is C=C[C@H]1COCCN1c1nc(-c2cnc(N)cc2C(F)(F)F)cc(C2(S(C)(=O)=O)CCCC2)n1. The second-order valence-electron chi connectivity index (χ2n) is 8.64. The topological polar surface area (TPSA) is 111 Å². The summed E-state index contributed by atoms with van der Waals surface area (Å²) in [4.78, 5) is 14.7. The van der Waals surface area contributed by atoms with Gasteiger partial charge in [0.25, 0.3) is 0 Å². The molecule has 0 unspecified atom stereocenters. The number of aromatic nitrogens is 3. The van der Waals surface area contributed by atoms with Gasteiger partial charge in [0.2, 0.25) is 5.95 Å².